The maximum atomic E-state index is 13.1. The van der Waals surface area contributed by atoms with Crippen LogP contribution < -0.4 is 0 Å². The number of esters is 1. The van der Waals surface area contributed by atoms with Gasteiger partial charge in [-0.3, -0.25) is 4.79 Å². The van der Waals surface area contributed by atoms with Gasteiger partial charge in [0.15, 0.2) is 6.79 Å². The zero-order valence-corrected chi connectivity index (χ0v) is 19.8. The Hall–Kier alpha value is -0.610. The van der Waals surface area contributed by atoms with Crippen molar-refractivity contribution in [2.45, 2.75) is 103 Å². The fourth-order valence-corrected chi connectivity index (χ4v) is 10.1. The van der Waals surface area contributed by atoms with Gasteiger partial charge in [0.2, 0.25) is 0 Å². The smallest absolute Gasteiger partial charge is 0.311 e. The number of fused-ring (bicyclic) bond motifs is 10. The van der Waals surface area contributed by atoms with E-state index in [4.69, 9.17) is 14.2 Å². The number of hydrogen-bond acceptors (Lipinski definition) is 4. The minimum atomic E-state index is -0.0306. The van der Waals surface area contributed by atoms with Crippen LogP contribution in [-0.4, -0.2) is 30.6 Å². The largest absolute Gasteiger partial charge is 0.438 e. The molecule has 174 valence electrons. The normalized spacial score (nSPS) is 53.8. The third-order valence-electron chi connectivity index (χ3n) is 11.2. The molecule has 0 radical (unpaired) electrons. The summed E-state index contributed by atoms with van der Waals surface area (Å²) in [5.74, 6) is 5.83. The van der Waals surface area contributed by atoms with Crippen LogP contribution in [-0.2, 0) is 19.0 Å². The van der Waals surface area contributed by atoms with Crippen LogP contribution in [0, 0.1) is 53.3 Å². The van der Waals surface area contributed by atoms with E-state index in [0.717, 1.165) is 43.4 Å². The van der Waals surface area contributed by atoms with Gasteiger partial charge in [0.1, 0.15) is 0 Å². The van der Waals surface area contributed by atoms with E-state index in [1.807, 2.05) is 0 Å². The summed E-state index contributed by atoms with van der Waals surface area (Å²) in [6.45, 7) is 6.93. The average Bonchev–Trinajstić information content (AvgIpc) is 3.59. The highest BCUT2D eigenvalue weighted by molar-refractivity contribution is 5.73. The molecular weight excluding hydrogens is 388 g/mol. The van der Waals surface area contributed by atoms with Crippen molar-refractivity contribution in [2.24, 2.45) is 53.3 Å². The van der Waals surface area contributed by atoms with Crippen molar-refractivity contribution < 1.29 is 19.0 Å². The van der Waals surface area contributed by atoms with Gasteiger partial charge in [-0.05, 0) is 105 Å². The Morgan fingerprint density at radius 2 is 1.71 bits per heavy atom. The van der Waals surface area contributed by atoms with Crippen LogP contribution in [0.3, 0.4) is 0 Å². The Bertz CT molecular complexity index is 707. The predicted octanol–water partition coefficient (Wildman–Crippen LogP) is 5.58. The number of carbonyl (C=O) groups excluding carboxylic acids is 1. The summed E-state index contributed by atoms with van der Waals surface area (Å²) in [5, 5.41) is 0. The first kappa shape index (κ1) is 21.0. The van der Waals surface area contributed by atoms with E-state index >= 15 is 0 Å². The molecule has 0 aromatic rings. The SMILES string of the molecule is CCC1OC(CC)C2C3CC(CC3C(=O)OCOC3(CC)CC4CC3C3CCCC43)C12. The van der Waals surface area contributed by atoms with E-state index in [1.54, 1.807) is 0 Å². The number of hydrogen-bond donors (Lipinski definition) is 0. The van der Waals surface area contributed by atoms with Crippen LogP contribution in [0.5, 0.6) is 0 Å². The second-order valence-corrected chi connectivity index (χ2v) is 11.9. The van der Waals surface area contributed by atoms with E-state index in [0.29, 0.717) is 41.8 Å². The van der Waals surface area contributed by atoms with Crippen molar-refractivity contribution in [1.82, 2.24) is 0 Å². The average molecular weight is 431 g/mol. The van der Waals surface area contributed by atoms with Crippen LogP contribution in [0.25, 0.3) is 0 Å². The Balaban J connectivity index is 1.07. The van der Waals surface area contributed by atoms with Crippen molar-refractivity contribution in [1.29, 1.82) is 0 Å². The molecule has 0 N–H and O–H groups in total. The molecule has 12 unspecified atom stereocenters. The summed E-state index contributed by atoms with van der Waals surface area (Å²) in [6, 6.07) is 0. The monoisotopic (exact) mass is 430 g/mol. The van der Waals surface area contributed by atoms with Gasteiger partial charge in [-0.25, -0.2) is 0 Å². The van der Waals surface area contributed by atoms with Crippen LogP contribution in [0.2, 0.25) is 0 Å². The summed E-state index contributed by atoms with van der Waals surface area (Å²) in [5.41, 5.74) is -0.0306. The molecule has 0 amide bonds. The molecule has 5 saturated carbocycles. The molecule has 12 atom stereocenters. The molecule has 1 aliphatic heterocycles. The maximum Gasteiger partial charge on any atom is 0.311 e. The molecule has 6 fully saturated rings. The first-order valence-electron chi connectivity index (χ1n) is 13.6. The molecule has 31 heavy (non-hydrogen) atoms. The zero-order chi connectivity index (χ0) is 21.3. The molecule has 4 nitrogen and oxygen atoms in total. The summed E-state index contributed by atoms with van der Waals surface area (Å²) >= 11 is 0. The molecule has 0 spiro atoms. The molecule has 1 heterocycles. The molecule has 6 rings (SSSR count). The molecule has 6 aliphatic rings. The number of ether oxygens (including phenoxy) is 3. The van der Waals surface area contributed by atoms with Gasteiger partial charge < -0.3 is 14.2 Å². The van der Waals surface area contributed by atoms with Gasteiger partial charge in [0.25, 0.3) is 0 Å². The second kappa shape index (κ2) is 7.72. The van der Waals surface area contributed by atoms with Gasteiger partial charge in [0, 0.05) is 0 Å². The molecule has 4 heteroatoms. The molecule has 0 aromatic carbocycles. The quantitative estimate of drug-likeness (QED) is 0.390. The van der Waals surface area contributed by atoms with Crippen molar-refractivity contribution in [3.8, 4) is 0 Å². The van der Waals surface area contributed by atoms with Crippen LogP contribution in [0.1, 0.15) is 85.0 Å². The van der Waals surface area contributed by atoms with Crippen molar-refractivity contribution >= 4 is 5.97 Å². The van der Waals surface area contributed by atoms with Crippen LogP contribution in [0.15, 0.2) is 0 Å². The van der Waals surface area contributed by atoms with Crippen LogP contribution in [0.4, 0.5) is 0 Å². The van der Waals surface area contributed by atoms with E-state index in [2.05, 4.69) is 20.8 Å². The Morgan fingerprint density at radius 1 is 0.935 bits per heavy atom. The molecule has 4 bridgehead atoms. The van der Waals surface area contributed by atoms with E-state index < -0.39 is 0 Å². The number of carbonyl (C=O) groups is 1. The van der Waals surface area contributed by atoms with Gasteiger partial charge in [-0.2, -0.15) is 0 Å². The van der Waals surface area contributed by atoms with Crippen molar-refractivity contribution in [3.05, 3.63) is 0 Å². The highest BCUT2D eigenvalue weighted by Crippen LogP contribution is 2.64. The van der Waals surface area contributed by atoms with Crippen molar-refractivity contribution in [3.63, 3.8) is 0 Å². The third kappa shape index (κ3) is 2.95. The highest BCUT2D eigenvalue weighted by atomic mass is 16.7. The minimum absolute atomic E-state index is 0.00824. The van der Waals surface area contributed by atoms with Crippen molar-refractivity contribution in [2.75, 3.05) is 6.79 Å². The van der Waals surface area contributed by atoms with Gasteiger partial charge >= 0.3 is 5.97 Å². The summed E-state index contributed by atoms with van der Waals surface area (Å²) in [4.78, 5) is 13.1. The lowest BCUT2D eigenvalue weighted by molar-refractivity contribution is -0.193. The van der Waals surface area contributed by atoms with Gasteiger partial charge in [-0.15, -0.1) is 0 Å². The lowest BCUT2D eigenvalue weighted by Crippen LogP contribution is -2.44. The summed E-state index contributed by atoms with van der Waals surface area (Å²) in [6.07, 6.45) is 13.0. The van der Waals surface area contributed by atoms with Crippen LogP contribution >= 0.6 is 0 Å². The first-order valence-corrected chi connectivity index (χ1v) is 13.6. The third-order valence-corrected chi connectivity index (χ3v) is 11.2. The molecule has 1 saturated heterocycles. The standard InChI is InChI=1S/C27H42O4/c1-4-22-24-15-10-19(25(24)23(5-2)31-22)20(11-15)26(28)29-14-30-27(6-3)13-16-12-21(27)18-9-7-8-17(16)18/h15-25H,4-14H2,1-3H3. The molecular formula is C27H42O4. The zero-order valence-electron chi connectivity index (χ0n) is 19.8. The lowest BCUT2D eigenvalue weighted by Gasteiger charge is -2.42. The topological polar surface area (TPSA) is 44.8 Å². The van der Waals surface area contributed by atoms with E-state index in [9.17, 15) is 4.79 Å². The second-order valence-electron chi connectivity index (χ2n) is 11.9. The van der Waals surface area contributed by atoms with Gasteiger partial charge in [0.05, 0.1) is 23.7 Å². The lowest BCUT2D eigenvalue weighted by atomic mass is 9.70. The minimum Gasteiger partial charge on any atom is -0.438 e. The summed E-state index contributed by atoms with van der Waals surface area (Å²) in [7, 11) is 0. The fourth-order valence-electron chi connectivity index (χ4n) is 10.1. The summed E-state index contributed by atoms with van der Waals surface area (Å²) < 4.78 is 18.7. The Morgan fingerprint density at radius 3 is 2.48 bits per heavy atom. The fraction of sp³-hybridized carbons (Fsp3) is 0.963. The predicted molar refractivity (Wildman–Crippen MR) is 118 cm³/mol. The van der Waals surface area contributed by atoms with E-state index in [1.165, 1.54) is 38.5 Å². The van der Waals surface area contributed by atoms with Gasteiger partial charge in [-0.1, -0.05) is 27.2 Å². The maximum absolute atomic E-state index is 13.1. The first-order chi connectivity index (χ1) is 15.1. The molecule has 0 aromatic heterocycles. The Labute approximate surface area is 188 Å². The highest BCUT2D eigenvalue weighted by Gasteiger charge is 2.63. The Kier molecular flexibility index (Phi) is 5.22. The number of rotatable bonds is 7. The van der Waals surface area contributed by atoms with E-state index in [-0.39, 0.29) is 24.3 Å². The molecule has 5 aliphatic carbocycles.